The molecule has 0 radical (unpaired) electrons. The number of rotatable bonds is 0. The van der Waals surface area contributed by atoms with Crippen LogP contribution in [0.3, 0.4) is 0 Å². The number of benzene rings is 1. The molecule has 3 N–H and O–H groups in total. The Hall–Kier alpha value is -0.540. The summed E-state index contributed by atoms with van der Waals surface area (Å²) in [7, 11) is 0. The predicted molar refractivity (Wildman–Crippen MR) is 54.2 cm³/mol. The van der Waals surface area contributed by atoms with Gasteiger partial charge in [0.05, 0.1) is 5.69 Å². The van der Waals surface area contributed by atoms with Gasteiger partial charge in [-0.05, 0) is 34.0 Å². The molecule has 1 atom stereocenters. The molecular formula is C9H11BrN2. The maximum atomic E-state index is 5.95. The van der Waals surface area contributed by atoms with E-state index in [0.29, 0.717) is 0 Å². The molecule has 64 valence electrons. The van der Waals surface area contributed by atoms with Gasteiger partial charge in [-0.3, -0.25) is 0 Å². The number of nitrogens with one attached hydrogen (secondary N) is 1. The molecule has 1 aromatic carbocycles. The molecule has 0 bridgehead atoms. The highest BCUT2D eigenvalue weighted by Crippen LogP contribution is 2.33. The van der Waals surface area contributed by atoms with Gasteiger partial charge in [-0.25, -0.2) is 0 Å². The maximum absolute atomic E-state index is 5.95. The first kappa shape index (κ1) is 8.08. The van der Waals surface area contributed by atoms with Crippen molar-refractivity contribution in [2.24, 2.45) is 5.73 Å². The molecule has 0 aromatic heterocycles. The van der Waals surface area contributed by atoms with Gasteiger partial charge in [0.2, 0.25) is 0 Å². The highest BCUT2D eigenvalue weighted by atomic mass is 79.9. The molecule has 3 heteroatoms. The zero-order valence-corrected chi connectivity index (χ0v) is 8.26. The van der Waals surface area contributed by atoms with Crippen LogP contribution in [0.15, 0.2) is 22.7 Å². The number of hydrogen-bond acceptors (Lipinski definition) is 2. The lowest BCUT2D eigenvalue weighted by atomic mass is 9.99. The van der Waals surface area contributed by atoms with Crippen molar-refractivity contribution < 1.29 is 0 Å². The Morgan fingerprint density at radius 2 is 2.33 bits per heavy atom. The van der Waals surface area contributed by atoms with Gasteiger partial charge < -0.3 is 11.1 Å². The number of fused-ring (bicyclic) bond motifs is 1. The summed E-state index contributed by atoms with van der Waals surface area (Å²) in [6.45, 7) is 0.969. The number of nitrogens with two attached hydrogens (primary N) is 1. The number of para-hydroxylation sites is 1. The molecule has 1 heterocycles. The molecule has 2 nitrogen and oxygen atoms in total. The molecule has 1 aliphatic heterocycles. The molecule has 0 saturated heterocycles. The highest BCUT2D eigenvalue weighted by Gasteiger charge is 2.17. The molecule has 12 heavy (non-hydrogen) atoms. The zero-order chi connectivity index (χ0) is 8.55. The number of halogens is 1. The summed E-state index contributed by atoms with van der Waals surface area (Å²) in [5, 5.41) is 3.33. The van der Waals surface area contributed by atoms with E-state index in [1.807, 2.05) is 12.1 Å². The Balaban J connectivity index is 2.52. The Morgan fingerprint density at radius 3 is 3.08 bits per heavy atom. The monoisotopic (exact) mass is 226 g/mol. The van der Waals surface area contributed by atoms with E-state index in [0.717, 1.165) is 23.1 Å². The van der Waals surface area contributed by atoms with Gasteiger partial charge in [0.15, 0.2) is 0 Å². The molecule has 0 spiro atoms. The largest absolute Gasteiger partial charge is 0.384 e. The number of hydrogen-bond donors (Lipinski definition) is 2. The lowest BCUT2D eigenvalue weighted by Gasteiger charge is -2.24. The molecule has 1 aliphatic rings. The summed E-state index contributed by atoms with van der Waals surface area (Å²) in [4.78, 5) is 0. The van der Waals surface area contributed by atoms with Crippen molar-refractivity contribution in [2.75, 3.05) is 11.9 Å². The van der Waals surface area contributed by atoms with Gasteiger partial charge in [0, 0.05) is 17.1 Å². The van der Waals surface area contributed by atoms with Crippen LogP contribution in [0.5, 0.6) is 0 Å². The first-order chi connectivity index (χ1) is 5.79. The standard InChI is InChI=1S/C9H11BrN2/c10-7-3-1-2-6-8(11)4-5-12-9(6)7/h1-3,8,12H,4-5,11H2/t8-/m1/s1. The molecule has 1 aromatic rings. The van der Waals surface area contributed by atoms with Crippen LogP contribution in [0.2, 0.25) is 0 Å². The van der Waals surface area contributed by atoms with E-state index >= 15 is 0 Å². The molecular weight excluding hydrogens is 216 g/mol. The molecule has 2 rings (SSSR count). The van der Waals surface area contributed by atoms with Crippen LogP contribution in [-0.2, 0) is 0 Å². The minimum atomic E-state index is 0.193. The molecule has 0 unspecified atom stereocenters. The predicted octanol–water partition coefficient (Wildman–Crippen LogP) is 2.26. The van der Waals surface area contributed by atoms with Crippen LogP contribution in [-0.4, -0.2) is 6.54 Å². The van der Waals surface area contributed by atoms with Crippen molar-refractivity contribution >= 4 is 21.6 Å². The second kappa shape index (κ2) is 3.07. The molecule has 0 fully saturated rings. The summed E-state index contributed by atoms with van der Waals surface area (Å²) in [5.41, 5.74) is 8.34. The van der Waals surface area contributed by atoms with Crippen LogP contribution >= 0.6 is 15.9 Å². The SMILES string of the molecule is N[C@@H]1CCNc2c(Br)cccc21. The Bertz CT molecular complexity index is 299. The van der Waals surface area contributed by atoms with Gasteiger partial charge in [-0.15, -0.1) is 0 Å². The van der Waals surface area contributed by atoms with Crippen LogP contribution in [0, 0.1) is 0 Å². The fourth-order valence-electron chi connectivity index (χ4n) is 1.54. The summed E-state index contributed by atoms with van der Waals surface area (Å²) < 4.78 is 1.11. The summed E-state index contributed by atoms with van der Waals surface area (Å²) in [5.74, 6) is 0. The van der Waals surface area contributed by atoms with Crippen molar-refractivity contribution in [3.05, 3.63) is 28.2 Å². The quantitative estimate of drug-likeness (QED) is 0.713. The third kappa shape index (κ3) is 1.23. The first-order valence-electron chi connectivity index (χ1n) is 4.07. The van der Waals surface area contributed by atoms with Crippen molar-refractivity contribution in [3.63, 3.8) is 0 Å². The van der Waals surface area contributed by atoms with E-state index < -0.39 is 0 Å². The molecule has 0 saturated carbocycles. The van der Waals surface area contributed by atoms with Crippen LogP contribution in [0.4, 0.5) is 5.69 Å². The van der Waals surface area contributed by atoms with Crippen LogP contribution in [0.25, 0.3) is 0 Å². The minimum Gasteiger partial charge on any atom is -0.384 e. The highest BCUT2D eigenvalue weighted by molar-refractivity contribution is 9.10. The maximum Gasteiger partial charge on any atom is 0.0533 e. The lowest BCUT2D eigenvalue weighted by Crippen LogP contribution is -2.22. The summed E-state index contributed by atoms with van der Waals surface area (Å²) >= 11 is 3.49. The Morgan fingerprint density at radius 1 is 1.50 bits per heavy atom. The Labute approximate surface area is 80.3 Å². The van der Waals surface area contributed by atoms with Gasteiger partial charge in [-0.1, -0.05) is 12.1 Å². The number of anilines is 1. The van der Waals surface area contributed by atoms with Gasteiger partial charge >= 0.3 is 0 Å². The summed E-state index contributed by atoms with van der Waals surface area (Å²) in [6.07, 6.45) is 1.02. The minimum absolute atomic E-state index is 0.193. The van der Waals surface area contributed by atoms with E-state index in [1.54, 1.807) is 0 Å². The van der Waals surface area contributed by atoms with Crippen molar-refractivity contribution in [1.29, 1.82) is 0 Å². The first-order valence-corrected chi connectivity index (χ1v) is 4.86. The summed E-state index contributed by atoms with van der Waals surface area (Å²) in [6, 6.07) is 6.33. The fraction of sp³-hybridized carbons (Fsp3) is 0.333. The van der Waals surface area contributed by atoms with Gasteiger partial charge in [-0.2, -0.15) is 0 Å². The van der Waals surface area contributed by atoms with Crippen LogP contribution in [0.1, 0.15) is 18.0 Å². The third-order valence-corrected chi connectivity index (χ3v) is 2.86. The Kier molecular flexibility index (Phi) is 2.07. The van der Waals surface area contributed by atoms with E-state index in [1.165, 1.54) is 5.56 Å². The molecule has 0 aliphatic carbocycles. The van der Waals surface area contributed by atoms with Crippen LogP contribution < -0.4 is 11.1 Å². The second-order valence-electron chi connectivity index (χ2n) is 3.03. The average Bonchev–Trinajstić information content (AvgIpc) is 2.07. The second-order valence-corrected chi connectivity index (χ2v) is 3.88. The van der Waals surface area contributed by atoms with Crippen molar-refractivity contribution in [2.45, 2.75) is 12.5 Å². The van der Waals surface area contributed by atoms with E-state index in [2.05, 4.69) is 27.3 Å². The average molecular weight is 227 g/mol. The van der Waals surface area contributed by atoms with E-state index in [4.69, 9.17) is 5.73 Å². The fourth-order valence-corrected chi connectivity index (χ4v) is 2.07. The molecule has 0 amide bonds. The van der Waals surface area contributed by atoms with Crippen molar-refractivity contribution in [1.82, 2.24) is 0 Å². The van der Waals surface area contributed by atoms with Gasteiger partial charge in [0.1, 0.15) is 0 Å². The lowest BCUT2D eigenvalue weighted by molar-refractivity contribution is 0.654. The zero-order valence-electron chi connectivity index (χ0n) is 6.68. The van der Waals surface area contributed by atoms with Gasteiger partial charge in [0.25, 0.3) is 0 Å². The van der Waals surface area contributed by atoms with Crippen molar-refractivity contribution in [3.8, 4) is 0 Å². The topological polar surface area (TPSA) is 38.0 Å². The normalized spacial score (nSPS) is 21.3. The smallest absolute Gasteiger partial charge is 0.0533 e. The third-order valence-electron chi connectivity index (χ3n) is 2.20. The van der Waals surface area contributed by atoms with E-state index in [9.17, 15) is 0 Å². The van der Waals surface area contributed by atoms with E-state index in [-0.39, 0.29) is 6.04 Å².